The molecule has 1 rings (SSSR count). The van der Waals surface area contributed by atoms with Crippen LogP contribution in [0.1, 0.15) is 5.56 Å². The molecule has 116 valence electrons. The molecular formula is C12H14F3N3O3. The number of nitro benzene ring substituents is 1. The Morgan fingerprint density at radius 3 is 2.29 bits per heavy atom. The number of hydrogen-bond donors (Lipinski definition) is 0. The van der Waals surface area contributed by atoms with Crippen molar-refractivity contribution in [2.24, 2.45) is 0 Å². The second-order valence-corrected chi connectivity index (χ2v) is 4.60. The minimum Gasteiger partial charge on any atom is -0.360 e. The summed E-state index contributed by atoms with van der Waals surface area (Å²) in [5.74, 6) is -0.327. The number of amides is 1. The van der Waals surface area contributed by atoms with Gasteiger partial charge in [-0.15, -0.1) is 0 Å². The Morgan fingerprint density at radius 1 is 1.29 bits per heavy atom. The van der Waals surface area contributed by atoms with Gasteiger partial charge in [0.1, 0.15) is 5.69 Å². The van der Waals surface area contributed by atoms with Gasteiger partial charge in [0.05, 0.1) is 17.0 Å². The Hall–Kier alpha value is -2.32. The molecule has 0 fully saturated rings. The second-order valence-electron chi connectivity index (χ2n) is 4.60. The summed E-state index contributed by atoms with van der Waals surface area (Å²) in [6.45, 7) is -0.181. The van der Waals surface area contributed by atoms with Gasteiger partial charge < -0.3 is 9.80 Å². The van der Waals surface area contributed by atoms with Gasteiger partial charge in [-0.2, -0.15) is 13.2 Å². The van der Waals surface area contributed by atoms with Gasteiger partial charge in [0.15, 0.2) is 0 Å². The molecule has 6 nitrogen and oxygen atoms in total. The van der Waals surface area contributed by atoms with E-state index in [2.05, 4.69) is 0 Å². The summed E-state index contributed by atoms with van der Waals surface area (Å²) in [6.07, 6.45) is -4.67. The SMILES string of the molecule is CN(C)C(=O)CN(C)c1ccc(C(F)(F)F)cc1[N+](=O)[O-]. The molecule has 0 unspecified atom stereocenters. The second kappa shape index (κ2) is 5.98. The number of hydrogen-bond acceptors (Lipinski definition) is 4. The van der Waals surface area contributed by atoms with Crippen LogP contribution in [0.5, 0.6) is 0 Å². The van der Waals surface area contributed by atoms with Crippen LogP contribution >= 0.6 is 0 Å². The summed E-state index contributed by atoms with van der Waals surface area (Å²) >= 11 is 0. The summed E-state index contributed by atoms with van der Waals surface area (Å²) in [6, 6.07) is 2.20. The predicted molar refractivity (Wildman–Crippen MR) is 70.1 cm³/mol. The Balaban J connectivity index is 3.18. The number of nitrogens with zero attached hydrogens (tertiary/aromatic N) is 3. The van der Waals surface area contributed by atoms with E-state index in [-0.39, 0.29) is 18.1 Å². The molecular weight excluding hydrogens is 291 g/mol. The summed E-state index contributed by atoms with van der Waals surface area (Å²) in [5, 5.41) is 10.9. The fraction of sp³-hybridized carbons (Fsp3) is 0.417. The van der Waals surface area contributed by atoms with Crippen molar-refractivity contribution in [3.63, 3.8) is 0 Å². The number of alkyl halides is 3. The quantitative estimate of drug-likeness (QED) is 0.631. The third-order valence-corrected chi connectivity index (χ3v) is 2.78. The molecule has 0 heterocycles. The smallest absolute Gasteiger partial charge is 0.360 e. The minimum atomic E-state index is -4.67. The third kappa shape index (κ3) is 4.07. The van der Waals surface area contributed by atoms with Crippen LogP contribution in [-0.4, -0.2) is 43.4 Å². The Labute approximate surface area is 118 Å². The number of benzene rings is 1. The maximum Gasteiger partial charge on any atom is 0.416 e. The van der Waals surface area contributed by atoms with Gasteiger partial charge in [-0.25, -0.2) is 0 Å². The summed E-state index contributed by atoms with van der Waals surface area (Å²) < 4.78 is 37.7. The van der Waals surface area contributed by atoms with Crippen LogP contribution in [-0.2, 0) is 11.0 Å². The number of anilines is 1. The lowest BCUT2D eigenvalue weighted by Gasteiger charge is -2.21. The zero-order valence-electron chi connectivity index (χ0n) is 11.6. The fourth-order valence-electron chi connectivity index (χ4n) is 1.60. The van der Waals surface area contributed by atoms with Gasteiger partial charge in [-0.1, -0.05) is 0 Å². The minimum absolute atomic E-state index is 0.0526. The van der Waals surface area contributed by atoms with Crippen molar-refractivity contribution in [2.45, 2.75) is 6.18 Å². The molecule has 1 aromatic carbocycles. The molecule has 1 amide bonds. The average Bonchev–Trinajstić information content (AvgIpc) is 2.36. The van der Waals surface area contributed by atoms with Crippen LogP contribution in [0.3, 0.4) is 0 Å². The lowest BCUT2D eigenvalue weighted by Crippen LogP contribution is -2.34. The van der Waals surface area contributed by atoms with Gasteiger partial charge in [0.25, 0.3) is 5.69 Å². The largest absolute Gasteiger partial charge is 0.416 e. The van der Waals surface area contributed by atoms with Crippen molar-refractivity contribution < 1.29 is 22.9 Å². The zero-order valence-corrected chi connectivity index (χ0v) is 11.6. The van der Waals surface area contributed by atoms with Gasteiger partial charge in [0.2, 0.25) is 5.91 Å². The number of halogens is 3. The van der Waals surface area contributed by atoms with Crippen LogP contribution < -0.4 is 4.90 Å². The molecule has 21 heavy (non-hydrogen) atoms. The highest BCUT2D eigenvalue weighted by Crippen LogP contribution is 2.36. The van der Waals surface area contributed by atoms with Crippen molar-refractivity contribution in [2.75, 3.05) is 32.6 Å². The van der Waals surface area contributed by atoms with E-state index in [9.17, 15) is 28.1 Å². The van der Waals surface area contributed by atoms with Crippen molar-refractivity contribution >= 4 is 17.3 Å². The number of likely N-dealkylation sites (N-methyl/N-ethyl adjacent to an activating group) is 2. The number of carbonyl (C=O) groups excluding carboxylic acids is 1. The van der Waals surface area contributed by atoms with Crippen LogP contribution in [0.4, 0.5) is 24.5 Å². The molecule has 9 heteroatoms. The summed E-state index contributed by atoms with van der Waals surface area (Å²) in [7, 11) is 4.42. The zero-order chi connectivity index (χ0) is 16.4. The highest BCUT2D eigenvalue weighted by Gasteiger charge is 2.33. The molecule has 0 spiro atoms. The van der Waals surface area contributed by atoms with Crippen molar-refractivity contribution in [3.8, 4) is 0 Å². The molecule has 0 aliphatic carbocycles. The van der Waals surface area contributed by atoms with E-state index in [1.54, 1.807) is 0 Å². The summed E-state index contributed by atoms with van der Waals surface area (Å²) in [4.78, 5) is 24.1. The molecule has 0 saturated heterocycles. The topological polar surface area (TPSA) is 66.7 Å². The van der Waals surface area contributed by atoms with E-state index in [1.807, 2.05) is 0 Å². The molecule has 0 radical (unpaired) electrons. The number of carbonyl (C=O) groups is 1. The first kappa shape index (κ1) is 16.7. The molecule has 0 aliphatic rings. The highest BCUT2D eigenvalue weighted by molar-refractivity contribution is 5.82. The molecule has 0 aliphatic heterocycles. The van der Waals surface area contributed by atoms with E-state index < -0.39 is 22.4 Å². The lowest BCUT2D eigenvalue weighted by molar-refractivity contribution is -0.384. The van der Waals surface area contributed by atoms with Gasteiger partial charge >= 0.3 is 6.18 Å². The molecule has 0 bridgehead atoms. The molecule has 1 aromatic rings. The first-order valence-corrected chi connectivity index (χ1v) is 5.81. The number of rotatable bonds is 4. The Kier molecular flexibility index (Phi) is 4.77. The Bertz CT molecular complexity index is 558. The molecule has 0 saturated carbocycles. The van der Waals surface area contributed by atoms with Crippen LogP contribution in [0.25, 0.3) is 0 Å². The van der Waals surface area contributed by atoms with Crippen LogP contribution in [0, 0.1) is 10.1 Å². The first-order valence-electron chi connectivity index (χ1n) is 5.81. The average molecular weight is 305 g/mol. The summed E-state index contributed by atoms with van der Waals surface area (Å²) in [5.41, 5.74) is -1.85. The van der Waals surface area contributed by atoms with E-state index in [0.29, 0.717) is 6.07 Å². The van der Waals surface area contributed by atoms with Crippen LogP contribution in [0.2, 0.25) is 0 Å². The van der Waals surface area contributed by atoms with Crippen molar-refractivity contribution in [3.05, 3.63) is 33.9 Å². The lowest BCUT2D eigenvalue weighted by atomic mass is 10.1. The normalized spacial score (nSPS) is 11.1. The van der Waals surface area contributed by atoms with Crippen LogP contribution in [0.15, 0.2) is 18.2 Å². The number of nitro groups is 1. The van der Waals surface area contributed by atoms with Gasteiger partial charge in [-0.05, 0) is 12.1 Å². The van der Waals surface area contributed by atoms with E-state index in [4.69, 9.17) is 0 Å². The monoisotopic (exact) mass is 305 g/mol. The third-order valence-electron chi connectivity index (χ3n) is 2.78. The first-order chi connectivity index (χ1) is 9.54. The van der Waals surface area contributed by atoms with Gasteiger partial charge in [0, 0.05) is 27.2 Å². The molecule has 0 aromatic heterocycles. The highest BCUT2D eigenvalue weighted by atomic mass is 19.4. The van der Waals surface area contributed by atoms with E-state index in [0.717, 1.165) is 12.1 Å². The van der Waals surface area contributed by atoms with Crippen molar-refractivity contribution in [1.82, 2.24) is 4.90 Å². The fourth-order valence-corrected chi connectivity index (χ4v) is 1.60. The standard InChI is InChI=1S/C12H14F3N3O3/c1-16(2)11(19)7-17(3)9-5-4-8(12(13,14)15)6-10(9)18(20)21/h4-6H,7H2,1-3H3. The predicted octanol–water partition coefficient (Wildman–Crippen LogP) is 2.14. The molecule has 0 atom stereocenters. The van der Waals surface area contributed by atoms with Gasteiger partial charge in [-0.3, -0.25) is 14.9 Å². The van der Waals surface area contributed by atoms with Crippen molar-refractivity contribution in [1.29, 1.82) is 0 Å². The Morgan fingerprint density at radius 2 is 1.86 bits per heavy atom. The molecule has 0 N–H and O–H groups in total. The maximum absolute atomic E-state index is 12.6. The maximum atomic E-state index is 12.6. The van der Waals surface area contributed by atoms with E-state index in [1.165, 1.54) is 30.9 Å². The van der Waals surface area contributed by atoms with E-state index >= 15 is 0 Å².